The standard InChI is InChI=1S/C36H22BrNO.C24H15FO.C13H9Br.CH4.B9/c37-29-13-8-15-31-35(29)27-11-4-6-14-30(27)38(31)32-22-21-26(34-28-12-5-7-16-33(28)39-36(32)34)25-19-17-24(18-20-25)23-9-2-1-3-10-23;25-21-15-14-19(23-20-8-4-5-9-22(20)26-24(21)23)18-12-10-17(11-13-18)16-6-2-1-3-7-16;14-12-7-3-5-10-8-9-4-1-2-6-11(9)13(10)12;;1-6-9(7(2)3)8(4)5/h1-22H;1-15H;1-7H,8H2;1H4;. The molecule has 411 valence electrons. The van der Waals surface area contributed by atoms with E-state index < -0.39 is 12.8 Å². The highest BCUT2D eigenvalue weighted by Crippen LogP contribution is 2.45. The molecule has 15 aromatic rings. The molecule has 0 saturated carbocycles. The van der Waals surface area contributed by atoms with Crippen molar-refractivity contribution in [1.82, 2.24) is 4.57 Å². The summed E-state index contributed by atoms with van der Waals surface area (Å²) in [4.78, 5) is 0. The van der Waals surface area contributed by atoms with Gasteiger partial charge in [-0.3, -0.25) is 0 Å². The molecule has 1 aliphatic carbocycles. The van der Waals surface area contributed by atoms with Crippen LogP contribution in [0.25, 0.3) is 127 Å². The van der Waals surface area contributed by atoms with E-state index in [0.717, 1.165) is 77.0 Å². The van der Waals surface area contributed by atoms with E-state index >= 15 is 0 Å². The molecule has 15 heteroatoms. The highest BCUT2D eigenvalue weighted by atomic mass is 79.9. The van der Waals surface area contributed by atoms with E-state index in [1.807, 2.05) is 54.6 Å². The molecular weight excluding hydrogens is 1210 g/mol. The van der Waals surface area contributed by atoms with Gasteiger partial charge in [0.2, 0.25) is 0 Å². The predicted molar refractivity (Wildman–Crippen MR) is 392 cm³/mol. The summed E-state index contributed by atoms with van der Waals surface area (Å²) < 4.78 is 31.4. The molecule has 0 N–H and O–H groups in total. The van der Waals surface area contributed by atoms with Crippen LogP contribution >= 0.6 is 31.9 Å². The average Bonchev–Trinajstić information content (AvgIpc) is 1.63. The third-order valence-corrected chi connectivity index (χ3v) is 17.7. The van der Waals surface area contributed by atoms with Gasteiger partial charge < -0.3 is 13.4 Å². The Morgan fingerprint density at radius 3 is 1.43 bits per heavy atom. The van der Waals surface area contributed by atoms with E-state index in [9.17, 15) is 4.39 Å². The van der Waals surface area contributed by atoms with Crippen LogP contribution in [-0.2, 0) is 6.42 Å². The SMILES string of the molecule is Brc1cccc2c1-c1ccccc1C2.Brc1cccc2c1c1ccccc1n2-c1ccc(-c2ccc(-c3ccccc3)cc2)c2c1oc1ccccc12.C.Fc1ccc(-c2ccc(-c3ccccc3)cc2)c2c1oc1ccccc12.[B][B]B(B([B])[B])B([B])[B]. The monoisotopic (exact) mass is 1260 g/mol. The Hall–Kier alpha value is -8.49. The molecular formula is C74H50B9Br2FNO2. The Morgan fingerprint density at radius 1 is 0.393 bits per heavy atom. The van der Waals surface area contributed by atoms with Crippen LogP contribution in [0.5, 0.6) is 0 Å². The summed E-state index contributed by atoms with van der Waals surface area (Å²) in [6, 6.07) is 91.8. The molecule has 0 aliphatic heterocycles. The summed E-state index contributed by atoms with van der Waals surface area (Å²) in [7, 11) is 27.5. The van der Waals surface area contributed by atoms with Gasteiger partial charge in [-0.15, -0.1) is 0 Å². The smallest absolute Gasteiger partial charge is 0.171 e. The van der Waals surface area contributed by atoms with Gasteiger partial charge in [-0.2, -0.15) is 0 Å². The molecule has 0 fully saturated rings. The fraction of sp³-hybridized carbons (Fsp3) is 0.0270. The zero-order valence-electron chi connectivity index (χ0n) is 47.7. The first-order valence-corrected chi connectivity index (χ1v) is 30.6. The van der Waals surface area contributed by atoms with Crippen molar-refractivity contribution in [3.63, 3.8) is 0 Å². The van der Waals surface area contributed by atoms with E-state index in [2.05, 4.69) is 243 Å². The second-order valence-electron chi connectivity index (χ2n) is 21.7. The molecule has 3 aromatic heterocycles. The van der Waals surface area contributed by atoms with Crippen molar-refractivity contribution < 1.29 is 13.2 Å². The largest absolute Gasteiger partial charge is 0.454 e. The molecule has 0 unspecified atom stereocenters. The first kappa shape index (κ1) is 60.8. The van der Waals surface area contributed by atoms with Gasteiger partial charge in [0.25, 0.3) is 0 Å². The summed E-state index contributed by atoms with van der Waals surface area (Å²) in [5.74, 6) is -0.333. The Kier molecular flexibility index (Phi) is 18.2. The summed E-state index contributed by atoms with van der Waals surface area (Å²) in [5.41, 5.74) is 20.9. The van der Waals surface area contributed by atoms with E-state index in [0.29, 0.717) is 11.2 Å². The van der Waals surface area contributed by atoms with Gasteiger partial charge in [0.15, 0.2) is 17.0 Å². The van der Waals surface area contributed by atoms with E-state index in [1.165, 1.54) is 78.4 Å². The third-order valence-electron chi connectivity index (χ3n) is 16.4. The lowest BCUT2D eigenvalue weighted by Gasteiger charge is -2.17. The second-order valence-corrected chi connectivity index (χ2v) is 23.4. The number of furan rings is 2. The minimum atomic E-state index is -0.574. The molecule has 16 rings (SSSR count). The zero-order valence-corrected chi connectivity index (χ0v) is 50.9. The molecule has 0 saturated heterocycles. The maximum absolute atomic E-state index is 14.3. The fourth-order valence-corrected chi connectivity index (χ4v) is 13.3. The lowest BCUT2D eigenvalue weighted by atomic mass is 8.64. The van der Waals surface area contributed by atoms with E-state index in [4.69, 9.17) is 47.5 Å². The molecule has 0 amide bonds. The minimum absolute atomic E-state index is 0. The van der Waals surface area contributed by atoms with Crippen molar-refractivity contribution in [3.8, 4) is 61.3 Å². The van der Waals surface area contributed by atoms with Crippen LogP contribution in [0, 0.1) is 5.82 Å². The molecule has 1 aliphatic rings. The van der Waals surface area contributed by atoms with Gasteiger partial charge in [0, 0.05) is 106 Å². The number of benzene rings is 12. The van der Waals surface area contributed by atoms with E-state index in [-0.39, 0.29) is 19.6 Å². The number of hydrogen-bond donors (Lipinski definition) is 0. The van der Waals surface area contributed by atoms with Crippen LogP contribution in [0.4, 0.5) is 4.39 Å². The molecule has 0 spiro atoms. The maximum atomic E-state index is 14.3. The van der Waals surface area contributed by atoms with Crippen LogP contribution in [0.3, 0.4) is 0 Å². The first-order valence-electron chi connectivity index (χ1n) is 29.0. The van der Waals surface area contributed by atoms with Crippen LogP contribution in [0.15, 0.2) is 285 Å². The van der Waals surface area contributed by atoms with Crippen molar-refractivity contribution in [2.45, 2.75) is 13.8 Å². The Morgan fingerprint density at radius 2 is 0.843 bits per heavy atom. The second kappa shape index (κ2) is 26.7. The van der Waals surface area contributed by atoms with Crippen molar-refractivity contribution in [2.24, 2.45) is 0 Å². The highest BCUT2D eigenvalue weighted by Gasteiger charge is 2.23. The molecule has 89 heavy (non-hydrogen) atoms. The summed E-state index contributed by atoms with van der Waals surface area (Å²) in [6.45, 7) is 0. The molecule has 0 atom stereocenters. The van der Waals surface area contributed by atoms with Gasteiger partial charge in [0.1, 0.15) is 11.2 Å². The number of aromatic nitrogens is 1. The average molecular weight is 1260 g/mol. The van der Waals surface area contributed by atoms with Gasteiger partial charge in [-0.1, -0.05) is 258 Å². The van der Waals surface area contributed by atoms with Gasteiger partial charge in [-0.25, -0.2) is 4.39 Å². The van der Waals surface area contributed by atoms with Crippen molar-refractivity contribution >= 4 is 162 Å². The molecule has 11 radical (unpaired) electrons. The van der Waals surface area contributed by atoms with Crippen LogP contribution in [-0.4, -0.2) is 69.5 Å². The molecule has 12 aromatic carbocycles. The lowest BCUT2D eigenvalue weighted by molar-refractivity contribution is 0.584. The van der Waals surface area contributed by atoms with Gasteiger partial charge in [0.05, 0.1) is 16.7 Å². The Balaban J connectivity index is 0.000000132. The summed E-state index contributed by atoms with van der Waals surface area (Å²) in [5, 5.41) is 6.44. The quantitative estimate of drug-likeness (QED) is 0.142. The number of para-hydroxylation sites is 3. The number of hydrogen-bond acceptors (Lipinski definition) is 2. The van der Waals surface area contributed by atoms with Gasteiger partial charge >= 0.3 is 0 Å². The van der Waals surface area contributed by atoms with Crippen molar-refractivity contribution in [1.29, 1.82) is 0 Å². The summed E-state index contributed by atoms with van der Waals surface area (Å²) in [6.07, 6.45) is -0.389. The Labute approximate surface area is 544 Å². The Bertz CT molecular complexity index is 4990. The van der Waals surface area contributed by atoms with Crippen LogP contribution < -0.4 is 0 Å². The fourth-order valence-electron chi connectivity index (χ4n) is 12.1. The number of nitrogens with zero attached hydrogens (tertiary/aromatic N) is 1. The molecule has 0 bridgehead atoms. The highest BCUT2D eigenvalue weighted by molar-refractivity contribution is 9.11. The van der Waals surface area contributed by atoms with Crippen LogP contribution in [0.2, 0.25) is 0 Å². The van der Waals surface area contributed by atoms with Crippen LogP contribution in [0.1, 0.15) is 18.6 Å². The zero-order chi connectivity index (χ0) is 60.4. The maximum Gasteiger partial charge on any atom is 0.171 e. The number of fused-ring (bicyclic) bond motifs is 12. The van der Waals surface area contributed by atoms with Crippen molar-refractivity contribution in [2.75, 3.05) is 0 Å². The predicted octanol–water partition coefficient (Wildman–Crippen LogP) is 19.1. The normalized spacial score (nSPS) is 11.2. The van der Waals surface area contributed by atoms with Crippen molar-refractivity contribution in [3.05, 3.63) is 293 Å². The van der Waals surface area contributed by atoms with E-state index in [1.54, 1.807) is 0 Å². The summed E-state index contributed by atoms with van der Waals surface area (Å²) >= 11 is 7.43. The third kappa shape index (κ3) is 12.0. The number of rotatable bonds is 8. The molecule has 3 heterocycles. The van der Waals surface area contributed by atoms with Gasteiger partial charge in [-0.05, 0) is 122 Å². The number of halogens is 3. The topological polar surface area (TPSA) is 31.2 Å². The minimum Gasteiger partial charge on any atom is -0.454 e. The first-order chi connectivity index (χ1) is 43.0. The lowest BCUT2D eigenvalue weighted by Crippen LogP contribution is -2.55. The molecule has 3 nitrogen and oxygen atoms in total.